The number of carbonyl (C=O) groups excluding carboxylic acids is 1. The van der Waals surface area contributed by atoms with Gasteiger partial charge in [0.05, 0.1) is 27.0 Å². The molecule has 2 N–H and O–H groups in total. The first-order chi connectivity index (χ1) is 12.0. The molecule has 0 aromatic heterocycles. The number of hydrogen-bond acceptors (Lipinski definition) is 5. The van der Waals surface area contributed by atoms with Gasteiger partial charge in [0.2, 0.25) is 0 Å². The van der Waals surface area contributed by atoms with Gasteiger partial charge in [-0.05, 0) is 54.4 Å². The molecule has 0 saturated carbocycles. The standard InChI is InChI=1S/C18H20ClN3O3/c1-12-8-14(19)5-6-15(12)20-11-18(23)22-21-10-13-4-7-16(24-2)17(9-13)25-3/h4-10,20H,11H2,1-3H3,(H,22,23). The number of methoxy groups -OCH3 is 2. The Hall–Kier alpha value is -2.73. The third-order valence-electron chi connectivity index (χ3n) is 3.44. The molecule has 0 heterocycles. The first-order valence-corrected chi connectivity index (χ1v) is 7.95. The van der Waals surface area contributed by atoms with Crippen molar-refractivity contribution in [3.05, 3.63) is 52.5 Å². The first kappa shape index (κ1) is 18.6. The molecule has 0 atom stereocenters. The molecule has 1 amide bonds. The fourth-order valence-corrected chi connectivity index (χ4v) is 2.38. The molecule has 2 aromatic carbocycles. The number of benzene rings is 2. The van der Waals surface area contributed by atoms with E-state index in [4.69, 9.17) is 21.1 Å². The Morgan fingerprint density at radius 1 is 1.16 bits per heavy atom. The van der Waals surface area contributed by atoms with E-state index in [0.29, 0.717) is 16.5 Å². The highest BCUT2D eigenvalue weighted by molar-refractivity contribution is 6.30. The smallest absolute Gasteiger partial charge is 0.259 e. The van der Waals surface area contributed by atoms with Crippen molar-refractivity contribution < 1.29 is 14.3 Å². The molecule has 0 aliphatic heterocycles. The topological polar surface area (TPSA) is 72.0 Å². The van der Waals surface area contributed by atoms with Crippen LogP contribution in [0.4, 0.5) is 5.69 Å². The second-order valence-electron chi connectivity index (χ2n) is 5.22. The van der Waals surface area contributed by atoms with Gasteiger partial charge in [0.1, 0.15) is 0 Å². The maximum absolute atomic E-state index is 11.9. The van der Waals surface area contributed by atoms with E-state index in [-0.39, 0.29) is 12.5 Å². The molecule has 25 heavy (non-hydrogen) atoms. The molecule has 0 radical (unpaired) electrons. The van der Waals surface area contributed by atoms with Crippen molar-refractivity contribution in [1.82, 2.24) is 5.43 Å². The van der Waals surface area contributed by atoms with Gasteiger partial charge in [0, 0.05) is 10.7 Å². The summed E-state index contributed by atoms with van der Waals surface area (Å²) in [5.74, 6) is 0.968. The zero-order valence-electron chi connectivity index (χ0n) is 14.3. The Kier molecular flexibility index (Phi) is 6.65. The van der Waals surface area contributed by atoms with Crippen molar-refractivity contribution in [3.63, 3.8) is 0 Å². The summed E-state index contributed by atoms with van der Waals surface area (Å²) in [6, 6.07) is 10.8. The van der Waals surface area contributed by atoms with E-state index < -0.39 is 0 Å². The Balaban J connectivity index is 1.88. The zero-order valence-corrected chi connectivity index (χ0v) is 15.1. The maximum Gasteiger partial charge on any atom is 0.259 e. The van der Waals surface area contributed by atoms with Crippen LogP contribution in [0.3, 0.4) is 0 Å². The molecule has 0 spiro atoms. The first-order valence-electron chi connectivity index (χ1n) is 7.57. The lowest BCUT2D eigenvalue weighted by Crippen LogP contribution is -2.26. The number of anilines is 1. The molecule has 6 nitrogen and oxygen atoms in total. The summed E-state index contributed by atoms with van der Waals surface area (Å²) in [6.07, 6.45) is 1.54. The van der Waals surface area contributed by atoms with Crippen LogP contribution in [0, 0.1) is 6.92 Å². The van der Waals surface area contributed by atoms with Gasteiger partial charge in [-0.3, -0.25) is 4.79 Å². The SMILES string of the molecule is COc1ccc(C=NNC(=O)CNc2ccc(Cl)cc2C)cc1OC. The highest BCUT2D eigenvalue weighted by atomic mass is 35.5. The molecule has 2 aromatic rings. The van der Waals surface area contributed by atoms with Crippen molar-refractivity contribution in [2.45, 2.75) is 6.92 Å². The molecule has 132 valence electrons. The lowest BCUT2D eigenvalue weighted by Gasteiger charge is -2.09. The summed E-state index contributed by atoms with van der Waals surface area (Å²) in [6.45, 7) is 2.02. The van der Waals surface area contributed by atoms with Crippen LogP contribution in [0.2, 0.25) is 5.02 Å². The Morgan fingerprint density at radius 3 is 2.60 bits per heavy atom. The van der Waals surface area contributed by atoms with Crippen LogP contribution in [-0.4, -0.2) is 32.9 Å². The quantitative estimate of drug-likeness (QED) is 0.586. The summed E-state index contributed by atoms with van der Waals surface area (Å²) in [5.41, 5.74) is 5.06. The van der Waals surface area contributed by atoms with Crippen LogP contribution in [0.25, 0.3) is 0 Å². The van der Waals surface area contributed by atoms with Gasteiger partial charge in [0.15, 0.2) is 11.5 Å². The molecular formula is C18H20ClN3O3. The lowest BCUT2D eigenvalue weighted by atomic mass is 10.2. The minimum absolute atomic E-state index is 0.103. The maximum atomic E-state index is 11.9. The number of halogens is 1. The molecule has 0 bridgehead atoms. The molecule has 0 unspecified atom stereocenters. The minimum atomic E-state index is -0.258. The summed E-state index contributed by atoms with van der Waals surface area (Å²) in [7, 11) is 3.13. The van der Waals surface area contributed by atoms with Crippen LogP contribution in [0.15, 0.2) is 41.5 Å². The number of hydrazone groups is 1. The van der Waals surface area contributed by atoms with E-state index in [1.807, 2.05) is 25.1 Å². The molecule has 0 saturated heterocycles. The van der Waals surface area contributed by atoms with Crippen LogP contribution in [0.1, 0.15) is 11.1 Å². The number of aryl methyl sites for hydroxylation is 1. The van der Waals surface area contributed by atoms with E-state index in [1.54, 1.807) is 32.4 Å². The van der Waals surface area contributed by atoms with Gasteiger partial charge in [-0.1, -0.05) is 11.6 Å². The van der Waals surface area contributed by atoms with Gasteiger partial charge >= 0.3 is 0 Å². The lowest BCUT2D eigenvalue weighted by molar-refractivity contribution is -0.119. The normalized spacial score (nSPS) is 10.6. The van der Waals surface area contributed by atoms with Crippen molar-refractivity contribution in [3.8, 4) is 11.5 Å². The zero-order chi connectivity index (χ0) is 18.2. The summed E-state index contributed by atoms with van der Waals surface area (Å²) in [5, 5.41) is 7.64. The number of nitrogens with zero attached hydrogens (tertiary/aromatic N) is 1. The van der Waals surface area contributed by atoms with E-state index in [1.165, 1.54) is 6.21 Å². The number of carbonyl (C=O) groups is 1. The van der Waals surface area contributed by atoms with Gasteiger partial charge < -0.3 is 14.8 Å². The van der Waals surface area contributed by atoms with Crippen LogP contribution >= 0.6 is 11.6 Å². The predicted molar refractivity (Wildman–Crippen MR) is 100.0 cm³/mol. The van der Waals surface area contributed by atoms with E-state index in [0.717, 1.165) is 16.8 Å². The third kappa shape index (κ3) is 5.39. The van der Waals surface area contributed by atoms with Crippen molar-refractivity contribution in [2.24, 2.45) is 5.10 Å². The molecule has 2 rings (SSSR count). The predicted octanol–water partition coefficient (Wildman–Crippen LogP) is 3.23. The van der Waals surface area contributed by atoms with E-state index in [9.17, 15) is 4.79 Å². The number of amides is 1. The number of rotatable bonds is 7. The number of nitrogens with one attached hydrogen (secondary N) is 2. The largest absolute Gasteiger partial charge is 0.493 e. The number of hydrogen-bond donors (Lipinski definition) is 2. The fraction of sp³-hybridized carbons (Fsp3) is 0.222. The summed E-state index contributed by atoms with van der Waals surface area (Å²) >= 11 is 5.90. The monoisotopic (exact) mass is 361 g/mol. The second-order valence-corrected chi connectivity index (χ2v) is 5.66. The van der Waals surface area contributed by atoms with Crippen LogP contribution in [0.5, 0.6) is 11.5 Å². The van der Waals surface area contributed by atoms with Crippen LogP contribution < -0.4 is 20.2 Å². The summed E-state index contributed by atoms with van der Waals surface area (Å²) in [4.78, 5) is 11.9. The molecule has 0 fully saturated rings. The molecule has 0 aliphatic carbocycles. The summed E-state index contributed by atoms with van der Waals surface area (Å²) < 4.78 is 10.4. The Labute approximate surface area is 151 Å². The second kappa shape index (κ2) is 8.94. The Morgan fingerprint density at radius 2 is 1.92 bits per heavy atom. The van der Waals surface area contributed by atoms with Crippen molar-refractivity contribution in [2.75, 3.05) is 26.1 Å². The fourth-order valence-electron chi connectivity index (χ4n) is 2.15. The Bertz CT molecular complexity index is 778. The van der Waals surface area contributed by atoms with Gasteiger partial charge in [-0.15, -0.1) is 0 Å². The van der Waals surface area contributed by atoms with Gasteiger partial charge in [-0.25, -0.2) is 5.43 Å². The average Bonchev–Trinajstić information content (AvgIpc) is 2.60. The van der Waals surface area contributed by atoms with Gasteiger partial charge in [-0.2, -0.15) is 5.10 Å². The average molecular weight is 362 g/mol. The van der Waals surface area contributed by atoms with E-state index >= 15 is 0 Å². The highest BCUT2D eigenvalue weighted by Gasteiger charge is 2.04. The highest BCUT2D eigenvalue weighted by Crippen LogP contribution is 2.26. The molecule has 0 aliphatic rings. The van der Waals surface area contributed by atoms with E-state index in [2.05, 4.69) is 15.8 Å². The van der Waals surface area contributed by atoms with Crippen LogP contribution in [-0.2, 0) is 4.79 Å². The third-order valence-corrected chi connectivity index (χ3v) is 3.67. The van der Waals surface area contributed by atoms with Crippen molar-refractivity contribution >= 4 is 29.4 Å². The van der Waals surface area contributed by atoms with Crippen molar-refractivity contribution in [1.29, 1.82) is 0 Å². The molecule has 7 heteroatoms. The number of ether oxygens (including phenoxy) is 2. The van der Waals surface area contributed by atoms with Gasteiger partial charge in [0.25, 0.3) is 5.91 Å². The molecular weight excluding hydrogens is 342 g/mol. The minimum Gasteiger partial charge on any atom is -0.493 e.